The molecular weight excluding hydrogens is 227 g/mol. The van der Waals surface area contributed by atoms with Gasteiger partial charge in [0, 0.05) is 0 Å². The predicted molar refractivity (Wildman–Crippen MR) is 38.8 cm³/mol. The molecule has 8 heteroatoms. The standard InChI is InChI=1S/C7H9F5O3/c1-2-4(15-5(13)14)3-6(8,9)7(10,11)12/h4H,2-3H2,1H3,(H,13,14). The molecule has 15 heavy (non-hydrogen) atoms. The van der Waals surface area contributed by atoms with Crippen molar-refractivity contribution in [2.75, 3.05) is 0 Å². The summed E-state index contributed by atoms with van der Waals surface area (Å²) >= 11 is 0. The maximum absolute atomic E-state index is 12.4. The SMILES string of the molecule is CCC(CC(F)(F)C(F)(F)F)OC(=O)O. The van der Waals surface area contributed by atoms with Gasteiger partial charge in [-0.1, -0.05) is 6.92 Å². The third-order valence-corrected chi connectivity index (χ3v) is 1.62. The van der Waals surface area contributed by atoms with Crippen LogP contribution in [0, 0.1) is 0 Å². The number of alkyl halides is 5. The molecular formula is C7H9F5O3. The lowest BCUT2D eigenvalue weighted by Gasteiger charge is -2.23. The summed E-state index contributed by atoms with van der Waals surface area (Å²) in [5.41, 5.74) is 0. The molecule has 0 rings (SSSR count). The van der Waals surface area contributed by atoms with Crippen LogP contribution in [-0.2, 0) is 4.74 Å². The van der Waals surface area contributed by atoms with Crippen molar-refractivity contribution in [2.24, 2.45) is 0 Å². The maximum atomic E-state index is 12.4. The van der Waals surface area contributed by atoms with Gasteiger partial charge in [0.15, 0.2) is 0 Å². The third-order valence-electron chi connectivity index (χ3n) is 1.62. The van der Waals surface area contributed by atoms with Gasteiger partial charge in [0.2, 0.25) is 0 Å². The van der Waals surface area contributed by atoms with E-state index in [1.54, 1.807) is 0 Å². The van der Waals surface area contributed by atoms with Crippen molar-refractivity contribution < 1.29 is 36.6 Å². The fourth-order valence-electron chi connectivity index (χ4n) is 0.814. The van der Waals surface area contributed by atoms with Crippen molar-refractivity contribution in [3.05, 3.63) is 0 Å². The van der Waals surface area contributed by atoms with Gasteiger partial charge in [-0.05, 0) is 6.42 Å². The lowest BCUT2D eigenvalue weighted by Crippen LogP contribution is -2.40. The van der Waals surface area contributed by atoms with Crippen LogP contribution in [0.25, 0.3) is 0 Å². The van der Waals surface area contributed by atoms with Crippen molar-refractivity contribution in [3.63, 3.8) is 0 Å². The molecule has 90 valence electrons. The second kappa shape index (κ2) is 4.63. The Balaban J connectivity index is 4.47. The first-order valence-electron chi connectivity index (χ1n) is 3.94. The zero-order chi connectivity index (χ0) is 12.3. The third kappa shape index (κ3) is 4.30. The van der Waals surface area contributed by atoms with Crippen LogP contribution < -0.4 is 0 Å². The molecule has 0 aromatic heterocycles. The van der Waals surface area contributed by atoms with Gasteiger partial charge in [0.05, 0.1) is 6.42 Å². The normalized spacial score (nSPS) is 14.8. The van der Waals surface area contributed by atoms with Crippen LogP contribution in [0.3, 0.4) is 0 Å². The van der Waals surface area contributed by atoms with E-state index in [0.717, 1.165) is 0 Å². The summed E-state index contributed by atoms with van der Waals surface area (Å²) < 4.78 is 63.9. The zero-order valence-corrected chi connectivity index (χ0v) is 7.65. The summed E-state index contributed by atoms with van der Waals surface area (Å²) in [6.45, 7) is 1.25. The van der Waals surface area contributed by atoms with Gasteiger partial charge in [0.1, 0.15) is 6.10 Å². The molecule has 0 aliphatic carbocycles. The molecule has 0 fully saturated rings. The van der Waals surface area contributed by atoms with Crippen LogP contribution in [0.4, 0.5) is 26.7 Å². The Hall–Kier alpha value is -1.08. The second-order valence-electron chi connectivity index (χ2n) is 2.82. The lowest BCUT2D eigenvalue weighted by molar-refractivity contribution is -0.290. The minimum absolute atomic E-state index is 0.252. The van der Waals surface area contributed by atoms with E-state index in [1.807, 2.05) is 0 Å². The van der Waals surface area contributed by atoms with Crippen LogP contribution in [0.2, 0.25) is 0 Å². The van der Waals surface area contributed by atoms with Crippen molar-refractivity contribution >= 4 is 6.16 Å². The summed E-state index contributed by atoms with van der Waals surface area (Å²) in [6.07, 6.45) is -11.2. The zero-order valence-electron chi connectivity index (χ0n) is 7.65. The summed E-state index contributed by atoms with van der Waals surface area (Å²) in [6, 6.07) is 0. The molecule has 0 saturated carbocycles. The van der Waals surface area contributed by atoms with Gasteiger partial charge in [0.25, 0.3) is 0 Å². The Kier molecular flexibility index (Phi) is 4.29. The highest BCUT2D eigenvalue weighted by Gasteiger charge is 2.58. The minimum atomic E-state index is -5.69. The minimum Gasteiger partial charge on any atom is -0.450 e. The summed E-state index contributed by atoms with van der Waals surface area (Å²) in [5.74, 6) is -4.94. The molecule has 0 bridgehead atoms. The van der Waals surface area contributed by atoms with Crippen molar-refractivity contribution in [2.45, 2.75) is 38.0 Å². The topological polar surface area (TPSA) is 46.5 Å². The summed E-state index contributed by atoms with van der Waals surface area (Å²) in [7, 11) is 0. The number of rotatable bonds is 4. The van der Waals surface area contributed by atoms with Gasteiger partial charge in [-0.25, -0.2) is 4.79 Å². The smallest absolute Gasteiger partial charge is 0.450 e. The molecule has 0 saturated heterocycles. The first kappa shape index (κ1) is 13.9. The van der Waals surface area contributed by atoms with Crippen molar-refractivity contribution in [1.82, 2.24) is 0 Å². The van der Waals surface area contributed by atoms with Crippen molar-refractivity contribution in [1.29, 1.82) is 0 Å². The number of carbonyl (C=O) groups is 1. The Morgan fingerprint density at radius 3 is 2.07 bits per heavy atom. The maximum Gasteiger partial charge on any atom is 0.506 e. The number of ether oxygens (including phenoxy) is 1. The molecule has 0 radical (unpaired) electrons. The fourth-order valence-corrected chi connectivity index (χ4v) is 0.814. The van der Waals surface area contributed by atoms with E-state index >= 15 is 0 Å². The molecule has 0 spiro atoms. The summed E-state index contributed by atoms with van der Waals surface area (Å²) in [5, 5.41) is 8.07. The molecule has 1 atom stereocenters. The van der Waals surface area contributed by atoms with E-state index in [1.165, 1.54) is 6.92 Å². The van der Waals surface area contributed by atoms with Gasteiger partial charge in [-0.3, -0.25) is 0 Å². The molecule has 0 aromatic carbocycles. The average molecular weight is 236 g/mol. The predicted octanol–water partition coefficient (Wildman–Crippen LogP) is 3.05. The molecule has 0 heterocycles. The van der Waals surface area contributed by atoms with Gasteiger partial charge in [-0.2, -0.15) is 22.0 Å². The van der Waals surface area contributed by atoms with E-state index < -0.39 is 30.8 Å². The Bertz CT molecular complexity index is 225. The van der Waals surface area contributed by atoms with Gasteiger partial charge in [-0.15, -0.1) is 0 Å². The largest absolute Gasteiger partial charge is 0.506 e. The average Bonchev–Trinajstić information content (AvgIpc) is 1.99. The Morgan fingerprint density at radius 1 is 1.33 bits per heavy atom. The highest BCUT2D eigenvalue weighted by molar-refractivity contribution is 5.57. The van der Waals surface area contributed by atoms with E-state index in [-0.39, 0.29) is 6.42 Å². The molecule has 0 aromatic rings. The fraction of sp³-hybridized carbons (Fsp3) is 0.857. The molecule has 1 unspecified atom stereocenters. The van der Waals surface area contributed by atoms with Crippen LogP contribution >= 0.6 is 0 Å². The van der Waals surface area contributed by atoms with E-state index in [9.17, 15) is 26.7 Å². The van der Waals surface area contributed by atoms with E-state index in [0.29, 0.717) is 0 Å². The lowest BCUT2D eigenvalue weighted by atomic mass is 10.1. The number of halogens is 5. The van der Waals surface area contributed by atoms with Crippen LogP contribution in [0.15, 0.2) is 0 Å². The van der Waals surface area contributed by atoms with Crippen LogP contribution in [-0.4, -0.2) is 29.5 Å². The first-order valence-corrected chi connectivity index (χ1v) is 3.94. The van der Waals surface area contributed by atoms with Gasteiger partial charge >= 0.3 is 18.3 Å². The number of hydrogen-bond acceptors (Lipinski definition) is 2. The van der Waals surface area contributed by atoms with E-state index in [2.05, 4.69) is 4.74 Å². The van der Waals surface area contributed by atoms with Gasteiger partial charge < -0.3 is 9.84 Å². The Morgan fingerprint density at radius 2 is 1.80 bits per heavy atom. The van der Waals surface area contributed by atoms with Crippen LogP contribution in [0.5, 0.6) is 0 Å². The number of hydrogen-bond donors (Lipinski definition) is 1. The molecule has 0 aliphatic rings. The van der Waals surface area contributed by atoms with E-state index in [4.69, 9.17) is 5.11 Å². The molecule has 1 N–H and O–H groups in total. The second-order valence-corrected chi connectivity index (χ2v) is 2.82. The highest BCUT2D eigenvalue weighted by atomic mass is 19.4. The number of carboxylic acid groups (broad SMARTS) is 1. The molecule has 0 aliphatic heterocycles. The molecule has 3 nitrogen and oxygen atoms in total. The first-order chi connectivity index (χ1) is 6.60. The quantitative estimate of drug-likeness (QED) is 0.602. The molecule has 0 amide bonds. The van der Waals surface area contributed by atoms with Crippen molar-refractivity contribution in [3.8, 4) is 0 Å². The highest BCUT2D eigenvalue weighted by Crippen LogP contribution is 2.39. The van der Waals surface area contributed by atoms with Crippen LogP contribution in [0.1, 0.15) is 19.8 Å². The monoisotopic (exact) mass is 236 g/mol. The Labute approximate surface area is 81.8 Å². The summed E-state index contributed by atoms with van der Waals surface area (Å²) in [4.78, 5) is 9.96.